The van der Waals surface area contributed by atoms with Gasteiger partial charge in [-0.15, -0.1) is 0 Å². The lowest BCUT2D eigenvalue weighted by Gasteiger charge is -2.31. The lowest BCUT2D eigenvalue weighted by atomic mass is 9.90. The van der Waals surface area contributed by atoms with E-state index in [1.807, 2.05) is 6.92 Å². The molecule has 0 bridgehead atoms. The minimum atomic E-state index is -4.94. The Hall–Kier alpha value is -1.64. The predicted molar refractivity (Wildman–Crippen MR) is 61.2 cm³/mol. The van der Waals surface area contributed by atoms with Gasteiger partial charge in [-0.1, -0.05) is 0 Å². The molecule has 0 atom stereocenters. The van der Waals surface area contributed by atoms with E-state index in [2.05, 4.69) is 4.99 Å². The number of allylic oxidation sites excluding steroid dienone is 2. The number of hydrogen-bond donors (Lipinski definition) is 1. The third-order valence-electron chi connectivity index (χ3n) is 2.66. The van der Waals surface area contributed by atoms with Gasteiger partial charge >= 0.3 is 11.9 Å². The standard InChI is InChI=1S/C10H14F3N3O3/c1-2-19-7-3-6(4-7)15-5-8(16(17)18)9(14)10(11,12)13/h5-7H,2-4,14H2,1H3. The molecule has 2 N–H and O–H groups in total. The highest BCUT2D eigenvalue weighted by atomic mass is 19.4. The Balaban J connectivity index is 2.69. The first kappa shape index (κ1) is 15.4. The van der Waals surface area contributed by atoms with Crippen LogP contribution in [-0.4, -0.2) is 36.1 Å². The Labute approximate surface area is 107 Å². The highest BCUT2D eigenvalue weighted by Gasteiger charge is 2.39. The largest absolute Gasteiger partial charge is 0.437 e. The van der Waals surface area contributed by atoms with E-state index in [4.69, 9.17) is 10.5 Å². The fraction of sp³-hybridized carbons (Fsp3) is 0.700. The summed E-state index contributed by atoms with van der Waals surface area (Å²) in [4.78, 5) is 13.1. The summed E-state index contributed by atoms with van der Waals surface area (Å²) in [5, 5.41) is 10.5. The number of nitrogens with two attached hydrogens (primary N) is 1. The van der Waals surface area contributed by atoms with Crippen molar-refractivity contribution in [2.75, 3.05) is 6.61 Å². The number of alkyl halides is 3. The number of aliphatic imine (C=N–C) groups is 1. The van der Waals surface area contributed by atoms with Gasteiger partial charge in [0.25, 0.3) is 0 Å². The molecule has 0 saturated heterocycles. The highest BCUT2D eigenvalue weighted by Crippen LogP contribution is 2.27. The van der Waals surface area contributed by atoms with E-state index in [9.17, 15) is 23.3 Å². The van der Waals surface area contributed by atoms with Gasteiger partial charge in [-0.3, -0.25) is 15.1 Å². The van der Waals surface area contributed by atoms with Crippen molar-refractivity contribution in [2.45, 2.75) is 38.1 Å². The van der Waals surface area contributed by atoms with Crippen molar-refractivity contribution in [1.29, 1.82) is 0 Å². The molecule has 0 unspecified atom stereocenters. The van der Waals surface area contributed by atoms with Crippen LogP contribution in [0.5, 0.6) is 0 Å². The Morgan fingerprint density at radius 3 is 2.58 bits per heavy atom. The van der Waals surface area contributed by atoms with Crippen molar-refractivity contribution in [3.8, 4) is 0 Å². The van der Waals surface area contributed by atoms with Crippen LogP contribution in [0, 0.1) is 10.1 Å². The van der Waals surface area contributed by atoms with Crippen molar-refractivity contribution in [3.05, 3.63) is 21.5 Å². The second-order valence-corrected chi connectivity index (χ2v) is 4.03. The average molecular weight is 281 g/mol. The normalized spacial score (nSPS) is 25.1. The maximum atomic E-state index is 12.3. The molecule has 1 aliphatic rings. The fourth-order valence-electron chi connectivity index (χ4n) is 1.57. The summed E-state index contributed by atoms with van der Waals surface area (Å²) in [7, 11) is 0. The second kappa shape index (κ2) is 6.00. The number of halogens is 3. The molecule has 0 spiro atoms. The van der Waals surface area contributed by atoms with Crippen LogP contribution >= 0.6 is 0 Å². The molecule has 1 saturated carbocycles. The number of hydrogen-bond acceptors (Lipinski definition) is 5. The van der Waals surface area contributed by atoms with E-state index in [1.165, 1.54) is 0 Å². The molecule has 9 heteroatoms. The number of nitro groups is 1. The summed E-state index contributed by atoms with van der Waals surface area (Å²) in [6, 6.07) is -0.257. The van der Waals surface area contributed by atoms with Gasteiger partial charge in [-0.2, -0.15) is 13.2 Å². The van der Waals surface area contributed by atoms with Gasteiger partial charge < -0.3 is 10.5 Å². The van der Waals surface area contributed by atoms with Crippen LogP contribution in [0.15, 0.2) is 16.4 Å². The Morgan fingerprint density at radius 2 is 2.16 bits per heavy atom. The van der Waals surface area contributed by atoms with Gasteiger partial charge in [0.1, 0.15) is 6.21 Å². The molecule has 108 valence electrons. The maximum absolute atomic E-state index is 12.3. The highest BCUT2D eigenvalue weighted by molar-refractivity contribution is 5.76. The fourth-order valence-corrected chi connectivity index (χ4v) is 1.57. The minimum Gasteiger partial charge on any atom is -0.389 e. The SMILES string of the molecule is CCOC1CC(N=CC(=C(N)C(F)(F)F)[N+](=O)[O-])C1. The van der Waals surface area contributed by atoms with Crippen LogP contribution in [0.4, 0.5) is 13.2 Å². The van der Waals surface area contributed by atoms with E-state index in [0.29, 0.717) is 25.7 Å². The topological polar surface area (TPSA) is 90.8 Å². The quantitative estimate of drug-likeness (QED) is 0.471. The first-order chi connectivity index (χ1) is 8.75. The summed E-state index contributed by atoms with van der Waals surface area (Å²) in [6.45, 7) is 2.37. The molecule has 1 aliphatic carbocycles. The van der Waals surface area contributed by atoms with Crippen LogP contribution in [-0.2, 0) is 4.74 Å². The van der Waals surface area contributed by atoms with Gasteiger partial charge in [0.2, 0.25) is 0 Å². The van der Waals surface area contributed by atoms with Crippen molar-refractivity contribution in [3.63, 3.8) is 0 Å². The molecule has 6 nitrogen and oxygen atoms in total. The lowest BCUT2D eigenvalue weighted by molar-refractivity contribution is -0.417. The Kier molecular flexibility index (Phi) is 4.87. The molecule has 1 rings (SSSR count). The van der Waals surface area contributed by atoms with E-state index < -0.39 is 22.5 Å². The Morgan fingerprint density at radius 1 is 1.58 bits per heavy atom. The molecule has 0 aliphatic heterocycles. The van der Waals surface area contributed by atoms with Crippen LogP contribution in [0.25, 0.3) is 0 Å². The van der Waals surface area contributed by atoms with Gasteiger partial charge in [0.15, 0.2) is 5.70 Å². The maximum Gasteiger partial charge on any atom is 0.437 e. The van der Waals surface area contributed by atoms with E-state index in [1.54, 1.807) is 0 Å². The van der Waals surface area contributed by atoms with Crippen molar-refractivity contribution < 1.29 is 22.8 Å². The summed E-state index contributed by atoms with van der Waals surface area (Å²) in [5.74, 6) is 0. The molecule has 0 radical (unpaired) electrons. The monoisotopic (exact) mass is 281 g/mol. The van der Waals surface area contributed by atoms with Crippen molar-refractivity contribution >= 4 is 6.21 Å². The van der Waals surface area contributed by atoms with Crippen molar-refractivity contribution in [2.24, 2.45) is 10.7 Å². The smallest absolute Gasteiger partial charge is 0.389 e. The zero-order valence-electron chi connectivity index (χ0n) is 10.2. The predicted octanol–water partition coefficient (Wildman–Crippen LogP) is 1.63. The van der Waals surface area contributed by atoms with Gasteiger partial charge in [0.05, 0.1) is 17.1 Å². The Bertz CT molecular complexity index is 401. The van der Waals surface area contributed by atoms with Crippen LogP contribution in [0.2, 0.25) is 0 Å². The average Bonchev–Trinajstić information content (AvgIpc) is 2.23. The van der Waals surface area contributed by atoms with Crippen LogP contribution < -0.4 is 5.73 Å². The molecule has 0 heterocycles. The molecule has 0 amide bonds. The van der Waals surface area contributed by atoms with E-state index in [-0.39, 0.29) is 12.1 Å². The molecule has 0 aromatic heterocycles. The van der Waals surface area contributed by atoms with Crippen LogP contribution in [0.3, 0.4) is 0 Å². The lowest BCUT2D eigenvalue weighted by Crippen LogP contribution is -2.34. The number of rotatable bonds is 5. The number of nitrogens with zero attached hydrogens (tertiary/aromatic N) is 2. The zero-order valence-corrected chi connectivity index (χ0v) is 10.2. The third kappa shape index (κ3) is 4.19. The van der Waals surface area contributed by atoms with Gasteiger partial charge in [-0.25, -0.2) is 0 Å². The molecule has 0 aromatic carbocycles. The molecule has 19 heavy (non-hydrogen) atoms. The summed E-state index contributed by atoms with van der Waals surface area (Å²) < 4.78 is 42.1. The molecule has 0 aromatic rings. The first-order valence-corrected chi connectivity index (χ1v) is 5.61. The van der Waals surface area contributed by atoms with Gasteiger partial charge in [0, 0.05) is 6.61 Å². The van der Waals surface area contributed by atoms with Crippen LogP contribution in [0.1, 0.15) is 19.8 Å². The molecular weight excluding hydrogens is 267 g/mol. The van der Waals surface area contributed by atoms with E-state index in [0.717, 1.165) is 0 Å². The summed E-state index contributed by atoms with van der Waals surface area (Å²) in [6.07, 6.45) is -3.25. The summed E-state index contributed by atoms with van der Waals surface area (Å²) >= 11 is 0. The first-order valence-electron chi connectivity index (χ1n) is 5.61. The van der Waals surface area contributed by atoms with E-state index >= 15 is 0 Å². The number of ether oxygens (including phenoxy) is 1. The van der Waals surface area contributed by atoms with Crippen molar-refractivity contribution in [1.82, 2.24) is 0 Å². The third-order valence-corrected chi connectivity index (χ3v) is 2.66. The second-order valence-electron chi connectivity index (χ2n) is 4.03. The molecule has 1 fully saturated rings. The zero-order chi connectivity index (χ0) is 14.6. The minimum absolute atomic E-state index is 0.0233. The summed E-state index contributed by atoms with van der Waals surface area (Å²) in [5.41, 5.74) is 1.74. The molecular formula is C10H14F3N3O3. The van der Waals surface area contributed by atoms with Gasteiger partial charge in [-0.05, 0) is 19.8 Å².